The second kappa shape index (κ2) is 9.13. The predicted octanol–water partition coefficient (Wildman–Crippen LogP) is 1.78. The molecule has 0 radical (unpaired) electrons. The molecule has 10 heteroatoms. The van der Waals surface area contributed by atoms with Crippen molar-refractivity contribution in [2.45, 2.75) is 45.6 Å². The third-order valence-electron chi connectivity index (χ3n) is 5.13. The van der Waals surface area contributed by atoms with E-state index in [0.29, 0.717) is 22.4 Å². The van der Waals surface area contributed by atoms with E-state index in [1.807, 2.05) is 5.38 Å². The number of carbonyl (C=O) groups is 1. The van der Waals surface area contributed by atoms with Crippen LogP contribution in [0.1, 0.15) is 26.0 Å². The number of anilines is 1. The molecule has 1 saturated heterocycles. The smallest absolute Gasteiger partial charge is 0.273 e. The lowest BCUT2D eigenvalue weighted by Crippen LogP contribution is -2.44. The molecule has 164 valence electrons. The molecule has 3 aromatic rings. The summed E-state index contributed by atoms with van der Waals surface area (Å²) in [4.78, 5) is 43.8. The Bertz CT molecular complexity index is 1190. The Hall–Kier alpha value is -2.82. The minimum absolute atomic E-state index is 0.0432. The molecule has 4 rings (SSSR count). The third-order valence-corrected chi connectivity index (χ3v) is 5.93. The largest absolute Gasteiger partial charge is 0.373 e. The van der Waals surface area contributed by atoms with E-state index in [-0.39, 0.29) is 42.2 Å². The van der Waals surface area contributed by atoms with E-state index in [1.54, 1.807) is 24.3 Å². The van der Waals surface area contributed by atoms with Crippen molar-refractivity contribution in [3.63, 3.8) is 0 Å². The molecule has 2 unspecified atom stereocenters. The van der Waals surface area contributed by atoms with E-state index in [1.165, 1.54) is 16.0 Å². The number of carbonyl (C=O) groups excluding carboxylic acids is 1. The van der Waals surface area contributed by atoms with Gasteiger partial charge < -0.3 is 10.1 Å². The zero-order chi connectivity index (χ0) is 22.0. The van der Waals surface area contributed by atoms with Gasteiger partial charge in [-0.15, -0.1) is 11.3 Å². The van der Waals surface area contributed by atoms with Gasteiger partial charge in [-0.2, -0.15) is 0 Å². The number of morpholine rings is 1. The summed E-state index contributed by atoms with van der Waals surface area (Å²) in [5.74, 6) is -0.268. The van der Waals surface area contributed by atoms with E-state index < -0.39 is 0 Å². The van der Waals surface area contributed by atoms with Crippen LogP contribution in [-0.2, 0) is 22.6 Å². The maximum atomic E-state index is 12.5. The third kappa shape index (κ3) is 5.09. The van der Waals surface area contributed by atoms with Gasteiger partial charge in [0.05, 0.1) is 35.2 Å². The van der Waals surface area contributed by atoms with Crippen molar-refractivity contribution in [1.29, 1.82) is 0 Å². The number of nitrogens with zero attached hydrogens (tertiary/aromatic N) is 3. The number of ether oxygens (including phenoxy) is 1. The molecule has 1 aliphatic heterocycles. The molecule has 0 saturated carbocycles. The number of aryl methyl sites for hydroxylation is 1. The highest BCUT2D eigenvalue weighted by Crippen LogP contribution is 2.19. The van der Waals surface area contributed by atoms with Crippen LogP contribution >= 0.6 is 11.3 Å². The summed E-state index contributed by atoms with van der Waals surface area (Å²) in [6.45, 7) is 6.60. The minimum atomic E-state index is -0.355. The van der Waals surface area contributed by atoms with Crippen LogP contribution in [0.3, 0.4) is 0 Å². The zero-order valence-electron chi connectivity index (χ0n) is 17.5. The molecular weight excluding hydrogens is 418 g/mol. The van der Waals surface area contributed by atoms with Gasteiger partial charge in [0.2, 0.25) is 5.91 Å². The number of hydrogen-bond donors (Lipinski definition) is 2. The molecule has 2 aromatic heterocycles. The van der Waals surface area contributed by atoms with Crippen LogP contribution in [0.5, 0.6) is 0 Å². The van der Waals surface area contributed by atoms with Crippen LogP contribution in [0, 0.1) is 0 Å². The van der Waals surface area contributed by atoms with Crippen molar-refractivity contribution in [1.82, 2.24) is 19.7 Å². The lowest BCUT2D eigenvalue weighted by atomic mass is 10.2. The number of rotatable bonds is 6. The van der Waals surface area contributed by atoms with E-state index >= 15 is 0 Å². The number of benzene rings is 1. The molecule has 1 amide bonds. The van der Waals surface area contributed by atoms with E-state index in [0.717, 1.165) is 18.8 Å². The van der Waals surface area contributed by atoms with Crippen molar-refractivity contribution < 1.29 is 9.53 Å². The van der Waals surface area contributed by atoms with Crippen molar-refractivity contribution in [3.8, 4) is 0 Å². The SMILES string of the molecule is CC1CN(Cc2csc(NC(=O)CCn3[nH]c(=O)c4ccccc4c3=O)n2)CC(C)O1. The molecule has 1 aromatic carbocycles. The van der Waals surface area contributed by atoms with Crippen LogP contribution in [0.25, 0.3) is 10.8 Å². The molecule has 2 atom stereocenters. The fourth-order valence-corrected chi connectivity index (χ4v) is 4.60. The number of hydrogen-bond acceptors (Lipinski definition) is 7. The van der Waals surface area contributed by atoms with Crippen LogP contribution in [-0.4, -0.2) is 50.9 Å². The number of amides is 1. The molecule has 1 aliphatic rings. The normalized spacial score (nSPS) is 19.5. The maximum absolute atomic E-state index is 12.5. The van der Waals surface area contributed by atoms with Gasteiger partial charge in [0.25, 0.3) is 11.1 Å². The Labute approximate surface area is 182 Å². The van der Waals surface area contributed by atoms with Gasteiger partial charge in [0.15, 0.2) is 5.13 Å². The average Bonchev–Trinajstić information content (AvgIpc) is 3.15. The summed E-state index contributed by atoms with van der Waals surface area (Å²) in [6.07, 6.45) is 0.416. The molecule has 9 nitrogen and oxygen atoms in total. The highest BCUT2D eigenvalue weighted by Gasteiger charge is 2.22. The molecule has 0 aliphatic carbocycles. The Morgan fingerprint density at radius 1 is 1.23 bits per heavy atom. The zero-order valence-corrected chi connectivity index (χ0v) is 18.3. The molecule has 0 spiro atoms. The van der Waals surface area contributed by atoms with Gasteiger partial charge >= 0.3 is 0 Å². The Kier molecular flexibility index (Phi) is 6.30. The lowest BCUT2D eigenvalue weighted by molar-refractivity contribution is -0.116. The van der Waals surface area contributed by atoms with Gasteiger partial charge in [-0.05, 0) is 26.0 Å². The quantitative estimate of drug-likeness (QED) is 0.601. The first-order valence-electron chi connectivity index (χ1n) is 10.2. The van der Waals surface area contributed by atoms with Crippen molar-refractivity contribution in [3.05, 3.63) is 56.0 Å². The Morgan fingerprint density at radius 2 is 1.94 bits per heavy atom. The van der Waals surface area contributed by atoms with E-state index in [9.17, 15) is 14.4 Å². The highest BCUT2D eigenvalue weighted by molar-refractivity contribution is 7.13. The molecule has 1 fully saturated rings. The van der Waals surface area contributed by atoms with Crippen LogP contribution in [0.2, 0.25) is 0 Å². The van der Waals surface area contributed by atoms with Crippen molar-refractivity contribution in [2.24, 2.45) is 0 Å². The predicted molar refractivity (Wildman–Crippen MR) is 119 cm³/mol. The summed E-state index contributed by atoms with van der Waals surface area (Å²) in [7, 11) is 0. The van der Waals surface area contributed by atoms with Gasteiger partial charge in [-0.25, -0.2) is 9.67 Å². The highest BCUT2D eigenvalue weighted by atomic mass is 32.1. The molecular formula is C21H25N5O4S. The first-order chi connectivity index (χ1) is 14.9. The van der Waals surface area contributed by atoms with Gasteiger partial charge in [0, 0.05) is 31.4 Å². The van der Waals surface area contributed by atoms with Crippen LogP contribution in [0.15, 0.2) is 39.2 Å². The monoisotopic (exact) mass is 443 g/mol. The summed E-state index contributed by atoms with van der Waals surface area (Å²) in [5, 5.41) is 8.45. The van der Waals surface area contributed by atoms with Crippen molar-refractivity contribution in [2.75, 3.05) is 18.4 Å². The van der Waals surface area contributed by atoms with Gasteiger partial charge in [-0.1, -0.05) is 12.1 Å². The van der Waals surface area contributed by atoms with Crippen LogP contribution in [0.4, 0.5) is 5.13 Å². The first kappa shape index (κ1) is 21.4. The average molecular weight is 444 g/mol. The first-order valence-corrected chi connectivity index (χ1v) is 11.1. The molecule has 2 N–H and O–H groups in total. The molecule has 0 bridgehead atoms. The van der Waals surface area contributed by atoms with E-state index in [2.05, 4.69) is 34.1 Å². The van der Waals surface area contributed by atoms with Crippen molar-refractivity contribution >= 4 is 33.1 Å². The minimum Gasteiger partial charge on any atom is -0.373 e. The summed E-state index contributed by atoms with van der Waals surface area (Å²) >= 11 is 1.37. The van der Waals surface area contributed by atoms with E-state index in [4.69, 9.17) is 4.74 Å². The lowest BCUT2D eigenvalue weighted by Gasteiger charge is -2.34. The van der Waals surface area contributed by atoms with Gasteiger partial charge in [-0.3, -0.25) is 24.4 Å². The number of aromatic amines is 1. The standard InChI is InChI=1S/C21H25N5O4S/c1-13-9-25(10-14(2)30-13)11-15-12-31-21(22-15)23-18(27)7-8-26-20(29)17-6-4-3-5-16(17)19(28)24-26/h3-6,12-14H,7-11H2,1-2H3,(H,24,28)(H,22,23,27). The topological polar surface area (TPSA) is 109 Å². The Balaban J connectivity index is 1.35. The summed E-state index contributed by atoms with van der Waals surface area (Å²) in [5.41, 5.74) is 0.220. The fourth-order valence-electron chi connectivity index (χ4n) is 3.88. The number of fused-ring (bicyclic) bond motifs is 1. The number of nitrogens with one attached hydrogen (secondary N) is 2. The second-order valence-corrected chi connectivity index (χ2v) is 8.69. The maximum Gasteiger partial charge on any atom is 0.273 e. The summed E-state index contributed by atoms with van der Waals surface area (Å²) < 4.78 is 6.93. The van der Waals surface area contributed by atoms with Crippen LogP contribution < -0.4 is 16.4 Å². The number of H-pyrrole nitrogens is 1. The second-order valence-electron chi connectivity index (χ2n) is 7.84. The number of aromatic nitrogens is 3. The molecule has 3 heterocycles. The van der Waals surface area contributed by atoms with Gasteiger partial charge in [0.1, 0.15) is 0 Å². The summed E-state index contributed by atoms with van der Waals surface area (Å²) in [6, 6.07) is 6.62. The molecule has 31 heavy (non-hydrogen) atoms. The number of thiazole rings is 1. The Morgan fingerprint density at radius 3 is 2.68 bits per heavy atom. The fraction of sp³-hybridized carbons (Fsp3) is 0.429.